The normalized spacial score (nSPS) is 18.6. The number of aliphatic carboxylic acids is 1. The molecular formula is C87H158N40O17. The Balaban J connectivity index is 1.34. The lowest BCUT2D eigenvalue weighted by Crippen LogP contribution is -2.61. The molecule has 0 bridgehead atoms. The zero-order chi connectivity index (χ0) is 107. The number of guanidine groups is 8. The Kier molecular flexibility index (Phi) is 51.8. The largest absolute Gasteiger partial charge is 0.480 e. The maximum atomic E-state index is 15.3. The predicted octanol–water partition coefficient (Wildman–Crippen LogP) is -9.97. The molecular weight excluding hydrogens is 1880 g/mol. The number of nitrogens with one attached hydrogen (secondary N) is 26. The second kappa shape index (κ2) is 62.1. The molecule has 5 aliphatic heterocycles. The van der Waals surface area contributed by atoms with Gasteiger partial charge >= 0.3 is 5.97 Å². The van der Waals surface area contributed by atoms with E-state index in [-0.39, 0.29) is 274 Å². The highest BCUT2D eigenvalue weighted by Crippen LogP contribution is 2.30. The van der Waals surface area contributed by atoms with Crippen LogP contribution in [0.25, 0.3) is 0 Å². The summed E-state index contributed by atoms with van der Waals surface area (Å²) in [5, 5.41) is 119. The SMILES string of the molecule is CC[C@H](C)[C@H](NC(=O)[C@H](CCCNC(=N)N)NC(=O)[C@@H](N)CCCNC(=N)N)C(=O)N[C@@H](CCCNC(=N)N)C(=O)N1CCC[C@H]1C(=O)N[C@@H](CCCNC(=N)N)C(=O)N1CCC[C@H]1C(=O)N1CCC[C@H]1C(=O)N[C@@H](CCCNC(=N)N)C(=O)N[C@@H](CC(C)C)C(=O)NCC(=O)N[C@@H](CCCNC(=N)N)C(=O)N1CCC[C@H]1C(=O)N[C@@H](CCCNC(=N)N)C(=O)N1CCC[C@H]1C(=O)N[C@@H](CCCNC(=N)N)C(=O)O. The molecule has 57 heteroatoms. The lowest BCUT2D eigenvalue weighted by molar-refractivity contribution is -0.148. The number of likely N-dealkylation sites (tertiary alicyclic amines) is 5. The molecule has 0 aromatic rings. The van der Waals surface area contributed by atoms with Crippen molar-refractivity contribution >= 4 is 142 Å². The van der Waals surface area contributed by atoms with Gasteiger partial charge in [-0.05, 0) is 185 Å². The molecule has 144 heavy (non-hydrogen) atoms. The molecule has 0 saturated carbocycles. The summed E-state index contributed by atoms with van der Waals surface area (Å²) >= 11 is 0. The van der Waals surface area contributed by atoms with Crippen molar-refractivity contribution in [3.05, 3.63) is 0 Å². The smallest absolute Gasteiger partial charge is 0.326 e. The van der Waals surface area contributed by atoms with Crippen LogP contribution in [0.2, 0.25) is 0 Å². The maximum absolute atomic E-state index is 15.3. The van der Waals surface area contributed by atoms with Crippen LogP contribution in [0.5, 0.6) is 0 Å². The van der Waals surface area contributed by atoms with E-state index in [2.05, 4.69) is 95.7 Å². The van der Waals surface area contributed by atoms with Crippen LogP contribution in [-0.4, -0.2) is 354 Å². The van der Waals surface area contributed by atoms with Gasteiger partial charge in [0.1, 0.15) is 84.6 Å². The van der Waals surface area contributed by atoms with Crippen LogP contribution in [-0.2, 0) is 76.7 Å². The first-order valence-electron chi connectivity index (χ1n) is 49.4. The first-order chi connectivity index (χ1) is 68.2. The second-order valence-electron chi connectivity index (χ2n) is 37.0. The molecule has 0 aromatic heterocycles. The summed E-state index contributed by atoms with van der Waals surface area (Å²) in [6.07, 6.45) is 3.40. The summed E-state index contributed by atoms with van der Waals surface area (Å²) in [5.74, 6) is -16.5. The summed E-state index contributed by atoms with van der Waals surface area (Å²) in [6.45, 7) is 7.16. The summed E-state index contributed by atoms with van der Waals surface area (Å²) in [5.41, 5.74) is 50.4. The third kappa shape index (κ3) is 41.3. The Morgan fingerprint density at radius 1 is 0.306 bits per heavy atom. The quantitative estimate of drug-likeness (QED) is 0.0153. The van der Waals surface area contributed by atoms with E-state index in [1.807, 2.05) is 0 Å². The Bertz CT molecular complexity index is 4450. The predicted molar refractivity (Wildman–Crippen MR) is 532 cm³/mol. The van der Waals surface area contributed by atoms with E-state index in [0.717, 1.165) is 0 Å². The number of nitrogens with two attached hydrogens (primary N) is 9. The zero-order valence-corrected chi connectivity index (χ0v) is 82.9. The zero-order valence-electron chi connectivity index (χ0n) is 82.9. The van der Waals surface area contributed by atoms with Crippen LogP contribution in [0.4, 0.5) is 0 Å². The number of hydrogen-bond acceptors (Lipinski definition) is 25. The molecule has 0 radical (unpaired) electrons. The number of amides is 15. The second-order valence-corrected chi connectivity index (χ2v) is 37.0. The molecule has 5 saturated heterocycles. The first-order valence-corrected chi connectivity index (χ1v) is 49.4. The number of hydrogen-bond donors (Lipinski definition) is 36. The van der Waals surface area contributed by atoms with Gasteiger partial charge < -0.3 is 177 Å². The van der Waals surface area contributed by atoms with E-state index in [9.17, 15) is 67.4 Å². The highest BCUT2D eigenvalue weighted by Gasteiger charge is 2.48. The topological polar surface area (TPSA) is 951 Å². The molecule has 0 aromatic carbocycles. The monoisotopic (exact) mass is 2040 g/mol. The Morgan fingerprint density at radius 3 is 0.910 bits per heavy atom. The lowest BCUT2D eigenvalue weighted by Gasteiger charge is -2.34. The molecule has 45 N–H and O–H groups in total. The molecule has 5 fully saturated rings. The lowest BCUT2D eigenvalue weighted by atomic mass is 9.96. The van der Waals surface area contributed by atoms with Crippen molar-refractivity contribution in [1.29, 1.82) is 43.3 Å². The number of carbonyl (C=O) groups excluding carboxylic acids is 15. The van der Waals surface area contributed by atoms with Crippen molar-refractivity contribution < 1.29 is 81.8 Å². The van der Waals surface area contributed by atoms with Crippen molar-refractivity contribution in [3.8, 4) is 0 Å². The Hall–Kier alpha value is -14.4. The fraction of sp³-hybridized carbons (Fsp3) is 0.724. The number of carboxylic acid groups (broad SMARTS) is 1. The van der Waals surface area contributed by atoms with E-state index >= 15 is 14.4 Å². The third-order valence-corrected chi connectivity index (χ3v) is 25.3. The van der Waals surface area contributed by atoms with Gasteiger partial charge in [-0.1, -0.05) is 34.1 Å². The first kappa shape index (κ1) is 120. The van der Waals surface area contributed by atoms with Gasteiger partial charge in [-0.2, -0.15) is 0 Å². The van der Waals surface area contributed by atoms with Gasteiger partial charge in [0, 0.05) is 85.1 Å². The Labute approximate surface area is 837 Å². The van der Waals surface area contributed by atoms with E-state index in [1.54, 1.807) is 27.7 Å². The molecule has 0 aliphatic carbocycles. The molecule has 57 nitrogen and oxygen atoms in total. The van der Waals surface area contributed by atoms with Gasteiger partial charge in [0.2, 0.25) is 88.6 Å². The standard InChI is InChI=1S/C87H158N40O17/c1-5-48(4)64(122-68(132)51(21-8-34-107-82(93)94)115-65(129)49(88)19-6-32-105-80(89)90)73(137)119-55(25-12-38-111-86(101)102)76(140)124-41-15-28-59(124)71(135)118-54(24-11-37-110-85(99)100)77(141)127-44-18-31-62(127)78(142)126-43-17-30-61(126)69(133)116-50(20-7-33-106-81(91)92)67(131)121-57(45-47(2)3)66(130)113-46-63(128)114-52(22-9-35-108-83(95)96)74(138)123-40-14-27-58(123)70(134)117-53(23-10-36-109-84(97)98)75(139)125-42-16-29-60(125)72(136)120-56(79(143)144)26-13-39-112-87(103)104/h47-62,64H,5-46,88H2,1-4H3,(H,113,130)(H,114,128)(H,115,129)(H,116,133)(H,117,134)(H,118,135)(H,119,137)(H,120,136)(H,121,131)(H,122,132)(H,143,144)(H4,89,90,105)(H4,91,92,106)(H4,93,94,107)(H4,95,96,108)(H4,97,98,109)(H4,99,100,110)(H4,101,102,111)(H4,103,104,112)/t48-,49-,50-,51-,52-,53-,54-,55-,56-,57-,58-,59-,60-,61-,62-,64-/m0/s1. The number of nitrogens with zero attached hydrogens (tertiary/aromatic N) is 5. The highest BCUT2D eigenvalue weighted by molar-refractivity contribution is 6.02. The number of rotatable bonds is 62. The van der Waals surface area contributed by atoms with Crippen molar-refractivity contribution in [2.24, 2.45) is 63.4 Å². The summed E-state index contributed by atoms with van der Waals surface area (Å²) in [6, 6.07) is -19.3. The highest BCUT2D eigenvalue weighted by atomic mass is 16.4. The van der Waals surface area contributed by atoms with Crippen LogP contribution in [0.3, 0.4) is 0 Å². The van der Waals surface area contributed by atoms with E-state index in [0.29, 0.717) is 38.5 Å². The van der Waals surface area contributed by atoms with Crippen molar-refractivity contribution in [1.82, 2.24) is 120 Å². The van der Waals surface area contributed by atoms with Crippen LogP contribution in [0, 0.1) is 55.1 Å². The summed E-state index contributed by atoms with van der Waals surface area (Å²) in [7, 11) is 0. The molecule has 808 valence electrons. The molecule has 15 amide bonds. The van der Waals surface area contributed by atoms with Crippen molar-refractivity contribution in [2.45, 2.75) is 298 Å². The fourth-order valence-corrected chi connectivity index (χ4v) is 17.8. The van der Waals surface area contributed by atoms with Crippen molar-refractivity contribution in [2.75, 3.05) is 91.6 Å². The molecule has 5 rings (SSSR count). The average Bonchev–Trinajstić information content (AvgIpc) is 1.64. The van der Waals surface area contributed by atoms with Crippen LogP contribution < -0.4 is 147 Å². The minimum absolute atomic E-state index is 0.00675. The van der Waals surface area contributed by atoms with Gasteiger partial charge in [-0.15, -0.1) is 0 Å². The third-order valence-electron chi connectivity index (χ3n) is 25.3. The molecule has 5 heterocycles. The number of carbonyl (C=O) groups is 16. The van der Waals surface area contributed by atoms with Gasteiger partial charge in [0.25, 0.3) is 0 Å². The maximum Gasteiger partial charge on any atom is 0.326 e. The minimum atomic E-state index is -1.43. The van der Waals surface area contributed by atoms with Gasteiger partial charge in [0.15, 0.2) is 47.7 Å². The Morgan fingerprint density at radius 2 is 0.569 bits per heavy atom. The molecule has 0 spiro atoms. The molecule has 0 unspecified atom stereocenters. The van der Waals surface area contributed by atoms with Gasteiger partial charge in [-0.3, -0.25) is 115 Å². The average molecular weight is 2040 g/mol. The van der Waals surface area contributed by atoms with Gasteiger partial charge in [-0.25, -0.2) is 4.79 Å². The number of carboxylic acids is 1. The summed E-state index contributed by atoms with van der Waals surface area (Å²) in [4.78, 5) is 238. The molecule has 5 aliphatic rings. The fourth-order valence-electron chi connectivity index (χ4n) is 17.8. The van der Waals surface area contributed by atoms with Gasteiger partial charge in [0.05, 0.1) is 12.6 Å². The van der Waals surface area contributed by atoms with E-state index < -0.39 is 204 Å². The van der Waals surface area contributed by atoms with Crippen LogP contribution in [0.1, 0.15) is 207 Å². The van der Waals surface area contributed by atoms with Crippen LogP contribution >= 0.6 is 0 Å². The minimum Gasteiger partial charge on any atom is -0.480 e. The van der Waals surface area contributed by atoms with Crippen LogP contribution in [0.15, 0.2) is 0 Å². The summed E-state index contributed by atoms with van der Waals surface area (Å²) < 4.78 is 0. The van der Waals surface area contributed by atoms with Crippen molar-refractivity contribution in [3.63, 3.8) is 0 Å². The van der Waals surface area contributed by atoms with E-state index in [4.69, 9.17) is 94.9 Å². The molecule has 16 atom stereocenters. The van der Waals surface area contributed by atoms with E-state index in [1.165, 1.54) is 24.5 Å².